The average molecular weight is 271 g/mol. The molecule has 1 aromatic rings. The molecule has 0 saturated carbocycles. The van der Waals surface area contributed by atoms with Gasteiger partial charge in [0.05, 0.1) is 0 Å². The van der Waals surface area contributed by atoms with E-state index in [2.05, 4.69) is 15.9 Å². The molecular weight excluding hydrogens is 265 g/mol. The van der Waals surface area contributed by atoms with Gasteiger partial charge in [0.1, 0.15) is 6.61 Å². The van der Waals surface area contributed by atoms with Gasteiger partial charge in [-0.3, -0.25) is 0 Å². The fraction of sp³-hybridized carbons (Fsp3) is 0.250. The summed E-state index contributed by atoms with van der Waals surface area (Å²) in [6.07, 6.45) is 0. The molecule has 1 nitrogen and oxygen atoms in total. The summed E-state index contributed by atoms with van der Waals surface area (Å²) in [5.74, 6) is -3.26. The van der Waals surface area contributed by atoms with Crippen LogP contribution in [0.25, 0.3) is 0 Å². The van der Waals surface area contributed by atoms with Crippen LogP contribution in [0.4, 0.5) is 8.78 Å². The summed E-state index contributed by atoms with van der Waals surface area (Å²) in [4.78, 5) is 0. The molecule has 0 aliphatic rings. The van der Waals surface area contributed by atoms with Gasteiger partial charge in [-0.2, -0.15) is 8.78 Å². The molecule has 0 amide bonds. The second-order valence-corrected chi connectivity index (χ2v) is 3.78. The number of aliphatic hydroxyl groups excluding tert-OH is 1. The monoisotopic (exact) mass is 270 g/mol. The van der Waals surface area contributed by atoms with Crippen molar-refractivity contribution in [2.75, 3.05) is 6.61 Å². The molecule has 0 unspecified atom stereocenters. The highest BCUT2D eigenvalue weighted by Crippen LogP contribution is 2.34. The van der Waals surface area contributed by atoms with E-state index in [9.17, 15) is 8.78 Å². The smallest absolute Gasteiger partial charge is 0.296 e. The Morgan fingerprint density at radius 3 is 2.62 bits per heavy atom. The van der Waals surface area contributed by atoms with Gasteiger partial charge in [0.25, 0.3) is 5.92 Å². The summed E-state index contributed by atoms with van der Waals surface area (Å²) in [5.41, 5.74) is -0.303. The van der Waals surface area contributed by atoms with Crippen molar-refractivity contribution in [2.24, 2.45) is 0 Å². The van der Waals surface area contributed by atoms with E-state index >= 15 is 0 Å². The summed E-state index contributed by atoms with van der Waals surface area (Å²) in [6.45, 7) is -1.23. The summed E-state index contributed by atoms with van der Waals surface area (Å²) in [6, 6.07) is 4.03. The zero-order chi connectivity index (χ0) is 10.1. The lowest BCUT2D eigenvalue weighted by atomic mass is 10.1. The lowest BCUT2D eigenvalue weighted by molar-refractivity contribution is -0.0562. The van der Waals surface area contributed by atoms with Crippen LogP contribution in [-0.4, -0.2) is 11.7 Å². The molecule has 1 N–H and O–H groups in total. The SMILES string of the molecule is OCC(F)(F)c1cc(Cl)ccc1Br. The van der Waals surface area contributed by atoms with Crippen molar-refractivity contribution in [2.45, 2.75) is 5.92 Å². The Bertz CT molecular complexity index is 317. The number of hydrogen-bond donors (Lipinski definition) is 1. The molecule has 0 bridgehead atoms. The second kappa shape index (κ2) is 3.90. The molecular formula is C8H6BrClF2O. The Morgan fingerprint density at radius 2 is 2.08 bits per heavy atom. The third-order valence-electron chi connectivity index (χ3n) is 1.52. The summed E-state index contributed by atoms with van der Waals surface area (Å²) >= 11 is 8.50. The van der Waals surface area contributed by atoms with Crippen LogP contribution in [-0.2, 0) is 5.92 Å². The zero-order valence-electron chi connectivity index (χ0n) is 6.40. The standard InChI is InChI=1S/C8H6BrClF2O/c9-7-2-1-5(10)3-6(7)8(11,12)4-13/h1-3,13H,4H2. The van der Waals surface area contributed by atoms with Crippen LogP contribution in [0.3, 0.4) is 0 Å². The minimum absolute atomic E-state index is 0.214. The third-order valence-corrected chi connectivity index (χ3v) is 2.45. The number of aliphatic hydroxyl groups is 1. The molecule has 0 spiro atoms. The third kappa shape index (κ3) is 2.39. The summed E-state index contributed by atoms with van der Waals surface area (Å²) < 4.78 is 26.2. The Morgan fingerprint density at radius 1 is 1.46 bits per heavy atom. The van der Waals surface area contributed by atoms with Gasteiger partial charge in [-0.15, -0.1) is 0 Å². The van der Waals surface area contributed by atoms with Gasteiger partial charge < -0.3 is 5.11 Å². The summed E-state index contributed by atoms with van der Waals surface area (Å²) in [7, 11) is 0. The average Bonchev–Trinajstić information content (AvgIpc) is 2.09. The first-order valence-corrected chi connectivity index (χ1v) is 4.58. The van der Waals surface area contributed by atoms with Crippen LogP contribution in [0.2, 0.25) is 5.02 Å². The van der Waals surface area contributed by atoms with Gasteiger partial charge in [-0.25, -0.2) is 0 Å². The number of benzene rings is 1. The van der Waals surface area contributed by atoms with Gasteiger partial charge in [0, 0.05) is 15.1 Å². The van der Waals surface area contributed by atoms with E-state index in [4.69, 9.17) is 16.7 Å². The fourth-order valence-electron chi connectivity index (χ4n) is 0.863. The minimum atomic E-state index is -3.26. The van der Waals surface area contributed by atoms with Crippen LogP contribution < -0.4 is 0 Å². The van der Waals surface area contributed by atoms with Crippen molar-refractivity contribution in [3.05, 3.63) is 33.3 Å². The molecule has 13 heavy (non-hydrogen) atoms. The Balaban J connectivity index is 3.20. The molecule has 0 atom stereocenters. The van der Waals surface area contributed by atoms with E-state index in [0.717, 1.165) is 6.07 Å². The molecule has 0 aromatic heterocycles. The molecule has 72 valence electrons. The number of halogens is 4. The van der Waals surface area contributed by atoms with E-state index in [1.807, 2.05) is 0 Å². The number of hydrogen-bond acceptors (Lipinski definition) is 1. The topological polar surface area (TPSA) is 20.2 Å². The minimum Gasteiger partial charge on any atom is -0.390 e. The summed E-state index contributed by atoms with van der Waals surface area (Å²) in [5, 5.41) is 8.66. The first-order chi connectivity index (χ1) is 5.97. The van der Waals surface area contributed by atoms with Crippen molar-refractivity contribution in [1.82, 2.24) is 0 Å². The van der Waals surface area contributed by atoms with E-state index < -0.39 is 12.5 Å². The quantitative estimate of drug-likeness (QED) is 0.876. The van der Waals surface area contributed by atoms with Gasteiger partial charge in [0.2, 0.25) is 0 Å². The van der Waals surface area contributed by atoms with Crippen molar-refractivity contribution in [3.63, 3.8) is 0 Å². The number of alkyl halides is 2. The highest BCUT2D eigenvalue weighted by atomic mass is 79.9. The predicted octanol–water partition coefficient (Wildman–Crippen LogP) is 3.19. The van der Waals surface area contributed by atoms with Crippen LogP contribution in [0.1, 0.15) is 5.56 Å². The zero-order valence-corrected chi connectivity index (χ0v) is 8.74. The largest absolute Gasteiger partial charge is 0.390 e. The fourth-order valence-corrected chi connectivity index (χ4v) is 1.57. The molecule has 0 radical (unpaired) electrons. The van der Waals surface area contributed by atoms with Gasteiger partial charge >= 0.3 is 0 Å². The van der Waals surface area contributed by atoms with Gasteiger partial charge in [-0.05, 0) is 18.2 Å². The van der Waals surface area contributed by atoms with Crippen LogP contribution >= 0.6 is 27.5 Å². The number of rotatable bonds is 2. The predicted molar refractivity (Wildman–Crippen MR) is 50.1 cm³/mol. The molecule has 1 rings (SSSR count). The Kier molecular flexibility index (Phi) is 3.27. The molecule has 0 saturated heterocycles. The van der Waals surface area contributed by atoms with Crippen LogP contribution in [0.15, 0.2) is 22.7 Å². The first-order valence-electron chi connectivity index (χ1n) is 3.41. The van der Waals surface area contributed by atoms with Crippen LogP contribution in [0, 0.1) is 0 Å². The van der Waals surface area contributed by atoms with E-state index in [1.54, 1.807) is 0 Å². The molecule has 0 heterocycles. The van der Waals surface area contributed by atoms with Crippen molar-refractivity contribution >= 4 is 27.5 Å². The molecule has 1 aromatic carbocycles. The van der Waals surface area contributed by atoms with Crippen molar-refractivity contribution in [1.29, 1.82) is 0 Å². The lowest BCUT2D eigenvalue weighted by Gasteiger charge is -2.15. The van der Waals surface area contributed by atoms with E-state index in [1.165, 1.54) is 12.1 Å². The second-order valence-electron chi connectivity index (χ2n) is 2.49. The Labute approximate surface area is 87.5 Å². The van der Waals surface area contributed by atoms with Crippen LogP contribution in [0.5, 0.6) is 0 Å². The van der Waals surface area contributed by atoms with Crippen molar-refractivity contribution in [3.8, 4) is 0 Å². The van der Waals surface area contributed by atoms with Gasteiger partial charge in [0.15, 0.2) is 0 Å². The van der Waals surface area contributed by atoms with Gasteiger partial charge in [-0.1, -0.05) is 27.5 Å². The normalized spacial score (nSPS) is 11.8. The maximum absolute atomic E-state index is 13.0. The highest BCUT2D eigenvalue weighted by molar-refractivity contribution is 9.10. The van der Waals surface area contributed by atoms with Crippen molar-refractivity contribution < 1.29 is 13.9 Å². The van der Waals surface area contributed by atoms with E-state index in [0.29, 0.717) is 0 Å². The molecule has 0 fully saturated rings. The van der Waals surface area contributed by atoms with E-state index in [-0.39, 0.29) is 15.1 Å². The Hall–Kier alpha value is -0.190. The molecule has 5 heteroatoms. The highest BCUT2D eigenvalue weighted by Gasteiger charge is 2.32. The lowest BCUT2D eigenvalue weighted by Crippen LogP contribution is -2.18. The maximum atomic E-state index is 13.0. The molecule has 0 aliphatic heterocycles. The molecule has 0 aliphatic carbocycles. The first kappa shape index (κ1) is 10.9. The maximum Gasteiger partial charge on any atom is 0.296 e.